The van der Waals surface area contributed by atoms with E-state index in [0.29, 0.717) is 6.42 Å². The molecule has 0 fully saturated rings. The molecule has 0 aromatic carbocycles. The lowest BCUT2D eigenvalue weighted by Gasteiger charge is -2.18. The second-order valence-corrected chi connectivity index (χ2v) is 16.3. The maximum absolute atomic E-state index is 12.3. The molecule has 0 aliphatic carbocycles. The summed E-state index contributed by atoms with van der Waals surface area (Å²) in [5, 5.41) is 0. The van der Waals surface area contributed by atoms with E-state index in [9.17, 15) is 14.2 Å². The van der Waals surface area contributed by atoms with Crippen molar-refractivity contribution in [2.45, 2.75) is 220 Å². The largest absolute Gasteiger partial charge is 0.469 e. The van der Waals surface area contributed by atoms with E-state index in [2.05, 4.69) is 32.2 Å². The van der Waals surface area contributed by atoms with Gasteiger partial charge in [-0.25, -0.2) is 4.57 Å². The van der Waals surface area contributed by atoms with Gasteiger partial charge in [-0.1, -0.05) is 188 Å². The van der Waals surface area contributed by atoms with Gasteiger partial charge in [0.2, 0.25) is 0 Å². The number of unbranched alkanes of at least 4 members (excludes halogenated alkanes) is 22. The van der Waals surface area contributed by atoms with E-state index in [1.54, 1.807) is 0 Å². The van der Waals surface area contributed by atoms with Gasteiger partial charge in [0.25, 0.3) is 0 Å². The van der Waals surface area contributed by atoms with Crippen LogP contribution < -0.4 is 0 Å². The Morgan fingerprint density at radius 2 is 0.898 bits per heavy atom. The van der Waals surface area contributed by atoms with E-state index in [0.717, 1.165) is 50.4 Å². The summed E-state index contributed by atoms with van der Waals surface area (Å²) in [6.07, 6.45) is 32.9. The van der Waals surface area contributed by atoms with Crippen LogP contribution in [0.25, 0.3) is 0 Å². The molecule has 8 nitrogen and oxygen atoms in total. The van der Waals surface area contributed by atoms with Crippen molar-refractivity contribution < 1.29 is 37.9 Å². The first-order valence-electron chi connectivity index (χ1n) is 20.6. The van der Waals surface area contributed by atoms with Gasteiger partial charge in [0, 0.05) is 12.8 Å². The molecule has 0 heterocycles. The highest BCUT2D eigenvalue weighted by Crippen LogP contribution is 2.36. The third-order valence-corrected chi connectivity index (χ3v) is 10.1. The predicted octanol–water partition coefficient (Wildman–Crippen LogP) is 12.2. The number of carbonyl (C=O) groups excluding carboxylic acids is 2. The van der Waals surface area contributed by atoms with Crippen molar-refractivity contribution in [3.05, 3.63) is 0 Å². The molecule has 0 saturated heterocycles. The molecule has 0 aromatic heterocycles. The molecule has 0 radical (unpaired) electrons. The minimum absolute atomic E-state index is 0.214. The predicted molar refractivity (Wildman–Crippen MR) is 202 cm³/mol. The van der Waals surface area contributed by atoms with Crippen LogP contribution in [0.15, 0.2) is 0 Å². The average Bonchev–Trinajstić information content (AvgIpc) is 3.05. The topological polar surface area (TPSA) is 119 Å². The summed E-state index contributed by atoms with van der Waals surface area (Å²) in [6, 6.07) is 0. The summed E-state index contributed by atoms with van der Waals surface area (Å²) in [4.78, 5) is 42.6. The fraction of sp³-hybridized carbons (Fsp3) is 0.950. The minimum atomic E-state index is -4.74. The lowest BCUT2D eigenvalue weighted by molar-refractivity contribution is -0.161. The lowest BCUT2D eigenvalue weighted by atomic mass is 9.99. The van der Waals surface area contributed by atoms with Crippen molar-refractivity contribution in [2.75, 3.05) is 13.2 Å². The van der Waals surface area contributed by atoms with Crippen molar-refractivity contribution in [1.82, 2.24) is 0 Å². The molecule has 0 aliphatic heterocycles. The molecule has 0 aromatic rings. The molecule has 292 valence electrons. The van der Waals surface area contributed by atoms with Gasteiger partial charge in [-0.05, 0) is 24.7 Å². The maximum Gasteiger partial charge on any atom is 0.469 e. The first kappa shape index (κ1) is 48.0. The van der Waals surface area contributed by atoms with Crippen LogP contribution in [0.5, 0.6) is 0 Å². The number of phosphoric acid groups is 1. The lowest BCUT2D eigenvalue weighted by Crippen LogP contribution is -2.29. The third-order valence-electron chi connectivity index (χ3n) is 9.59. The zero-order valence-electron chi connectivity index (χ0n) is 32.4. The number of hydrogen-bond donors (Lipinski definition) is 2. The zero-order chi connectivity index (χ0) is 36.4. The molecule has 0 rings (SSSR count). The first-order valence-corrected chi connectivity index (χ1v) is 22.1. The standard InChI is InChI=1S/C40H79O8P/c1-5-37(4)31-27-23-18-16-14-12-10-8-6-7-9-11-13-15-17-19-24-28-32-39(41)46-34-38(35-47-49(43,44)45)48-40(42)33-29-25-21-20-22-26-30-36(2)3/h36-38H,5-35H2,1-4H3,(H2,43,44,45)/t37?,38-/m1/s1. The number of hydrogen-bond acceptors (Lipinski definition) is 6. The van der Waals surface area contributed by atoms with Gasteiger partial charge in [0.15, 0.2) is 6.10 Å². The van der Waals surface area contributed by atoms with Crippen molar-refractivity contribution in [1.29, 1.82) is 0 Å². The van der Waals surface area contributed by atoms with Gasteiger partial charge >= 0.3 is 19.8 Å². The Morgan fingerprint density at radius 1 is 0.531 bits per heavy atom. The number of rotatable bonds is 37. The Morgan fingerprint density at radius 3 is 1.29 bits per heavy atom. The number of phosphoric ester groups is 1. The summed E-state index contributed by atoms with van der Waals surface area (Å²) in [5.41, 5.74) is 0. The molecule has 9 heteroatoms. The fourth-order valence-corrected chi connectivity index (χ4v) is 6.48. The van der Waals surface area contributed by atoms with Crippen LogP contribution in [0.3, 0.4) is 0 Å². The monoisotopic (exact) mass is 719 g/mol. The summed E-state index contributed by atoms with van der Waals surface area (Å²) in [7, 11) is -4.74. The second-order valence-electron chi connectivity index (χ2n) is 15.1. The molecule has 49 heavy (non-hydrogen) atoms. The Bertz CT molecular complexity index is 799. The van der Waals surface area contributed by atoms with Crippen LogP contribution in [-0.4, -0.2) is 41.0 Å². The molecule has 2 atom stereocenters. The van der Waals surface area contributed by atoms with Gasteiger partial charge in [-0.15, -0.1) is 0 Å². The van der Waals surface area contributed by atoms with Crippen molar-refractivity contribution >= 4 is 19.8 Å². The van der Waals surface area contributed by atoms with Crippen LogP contribution in [0.4, 0.5) is 0 Å². The Labute approximate surface area is 302 Å². The summed E-state index contributed by atoms with van der Waals surface area (Å²) >= 11 is 0. The van der Waals surface area contributed by atoms with Gasteiger partial charge < -0.3 is 19.3 Å². The Hall–Kier alpha value is -0.950. The average molecular weight is 719 g/mol. The minimum Gasteiger partial charge on any atom is -0.462 e. The molecular weight excluding hydrogens is 639 g/mol. The van der Waals surface area contributed by atoms with Gasteiger partial charge in [-0.2, -0.15) is 0 Å². The fourth-order valence-electron chi connectivity index (χ4n) is 6.12. The van der Waals surface area contributed by atoms with Gasteiger partial charge in [0.05, 0.1) is 6.61 Å². The van der Waals surface area contributed by atoms with E-state index < -0.39 is 32.5 Å². The highest BCUT2D eigenvalue weighted by molar-refractivity contribution is 7.46. The molecule has 1 unspecified atom stereocenters. The van der Waals surface area contributed by atoms with Crippen LogP contribution in [0, 0.1) is 11.8 Å². The number of esters is 2. The molecule has 0 amide bonds. The zero-order valence-corrected chi connectivity index (χ0v) is 33.3. The van der Waals surface area contributed by atoms with E-state index in [-0.39, 0.29) is 19.4 Å². The van der Waals surface area contributed by atoms with E-state index in [4.69, 9.17) is 19.3 Å². The van der Waals surface area contributed by atoms with Crippen LogP contribution in [0.1, 0.15) is 214 Å². The second kappa shape index (κ2) is 34.2. The first-order chi connectivity index (χ1) is 23.5. The summed E-state index contributed by atoms with van der Waals surface area (Å²) < 4.78 is 26.3. The Kier molecular flexibility index (Phi) is 33.5. The molecular formula is C40H79O8P. The van der Waals surface area contributed by atoms with E-state index in [1.807, 2.05) is 0 Å². The van der Waals surface area contributed by atoms with Crippen LogP contribution >= 0.6 is 7.82 Å². The molecule has 0 bridgehead atoms. The van der Waals surface area contributed by atoms with Crippen molar-refractivity contribution in [3.8, 4) is 0 Å². The van der Waals surface area contributed by atoms with Crippen molar-refractivity contribution in [3.63, 3.8) is 0 Å². The molecule has 0 spiro atoms. The van der Waals surface area contributed by atoms with E-state index >= 15 is 0 Å². The number of ether oxygens (including phenoxy) is 2. The normalized spacial score (nSPS) is 13.1. The summed E-state index contributed by atoms with van der Waals surface area (Å²) in [6.45, 7) is 8.32. The molecule has 2 N–H and O–H groups in total. The Balaban J connectivity index is 3.77. The van der Waals surface area contributed by atoms with E-state index in [1.165, 1.54) is 128 Å². The van der Waals surface area contributed by atoms with Crippen LogP contribution in [0.2, 0.25) is 0 Å². The third kappa shape index (κ3) is 38.1. The van der Waals surface area contributed by atoms with Crippen molar-refractivity contribution in [2.24, 2.45) is 11.8 Å². The summed E-state index contributed by atoms with van der Waals surface area (Å²) in [5.74, 6) is 0.754. The van der Waals surface area contributed by atoms with Gasteiger partial charge in [-0.3, -0.25) is 14.1 Å². The number of carbonyl (C=O) groups is 2. The molecule has 0 aliphatic rings. The molecule has 0 saturated carbocycles. The maximum atomic E-state index is 12.3. The van der Waals surface area contributed by atoms with Gasteiger partial charge in [0.1, 0.15) is 6.61 Å². The SMILES string of the molecule is CCC(C)CCCCCCCCCCCCCCCCCCCCC(=O)OC[C@H](COP(=O)(O)O)OC(=O)CCCCCCCCC(C)C. The smallest absolute Gasteiger partial charge is 0.462 e. The highest BCUT2D eigenvalue weighted by atomic mass is 31.2. The quantitative estimate of drug-likeness (QED) is 0.0370. The van der Waals surface area contributed by atoms with Crippen LogP contribution in [-0.2, 0) is 28.2 Å². The highest BCUT2D eigenvalue weighted by Gasteiger charge is 2.23.